The Labute approximate surface area is 138 Å². The summed E-state index contributed by atoms with van der Waals surface area (Å²) in [6, 6.07) is 8.70. The molecule has 3 aromatic rings. The van der Waals surface area contributed by atoms with Gasteiger partial charge in [0.05, 0.1) is 17.7 Å². The van der Waals surface area contributed by atoms with Crippen LogP contribution in [0.2, 0.25) is 0 Å². The van der Waals surface area contributed by atoms with E-state index >= 15 is 0 Å². The van der Waals surface area contributed by atoms with Crippen LogP contribution in [-0.4, -0.2) is 31.5 Å². The summed E-state index contributed by atoms with van der Waals surface area (Å²) in [6.45, 7) is 0. The van der Waals surface area contributed by atoms with E-state index in [1.165, 1.54) is 5.48 Å². The lowest BCUT2D eigenvalue weighted by Gasteiger charge is -2.07. The second-order valence-electron chi connectivity index (χ2n) is 5.15. The Kier molecular flexibility index (Phi) is 4.28. The molecule has 0 atom stereocenters. The van der Waals surface area contributed by atoms with Crippen molar-refractivity contribution in [1.29, 1.82) is 0 Å². The Hall–Kier alpha value is -3.14. The lowest BCUT2D eigenvalue weighted by molar-refractivity contribution is -0.140. The number of carbonyl (C=O) groups is 1. The summed E-state index contributed by atoms with van der Waals surface area (Å²) >= 11 is 0. The number of benzene rings is 1. The molecule has 10 heteroatoms. The molecule has 0 bridgehead atoms. The molecule has 0 fully saturated rings. The molecule has 0 saturated heterocycles. The van der Waals surface area contributed by atoms with Gasteiger partial charge in [-0.15, -0.1) is 0 Å². The van der Waals surface area contributed by atoms with E-state index in [0.29, 0.717) is 11.3 Å². The molecule has 1 amide bonds. The highest BCUT2D eigenvalue weighted by molar-refractivity contribution is 5.85. The summed E-state index contributed by atoms with van der Waals surface area (Å²) in [6.07, 6.45) is -3.99. The molecule has 7 nitrogen and oxygen atoms in total. The number of rotatable bonds is 4. The van der Waals surface area contributed by atoms with Gasteiger partial charge in [-0.05, 0) is 5.56 Å². The molecule has 0 aliphatic heterocycles. The number of aromatic amines is 2. The third-order valence-electron chi connectivity index (χ3n) is 3.56. The number of carbonyl (C=O) groups excluding carboxylic acids is 1. The first kappa shape index (κ1) is 16.7. The first-order valence-corrected chi connectivity index (χ1v) is 7.08. The maximum Gasteiger partial charge on any atom is 0.435 e. The van der Waals surface area contributed by atoms with Crippen LogP contribution in [0.5, 0.6) is 0 Å². The summed E-state index contributed by atoms with van der Waals surface area (Å²) in [5.74, 6) is -0.781. The van der Waals surface area contributed by atoms with Crippen molar-refractivity contribution in [3.63, 3.8) is 0 Å². The van der Waals surface area contributed by atoms with Crippen LogP contribution in [0.1, 0.15) is 11.3 Å². The SMILES string of the molecule is O=C(Cc1c(-c2c[nH]nc2C(F)(F)F)n[nH]c1-c1ccccc1)NO. The minimum absolute atomic E-state index is 0.0662. The van der Waals surface area contributed by atoms with Gasteiger partial charge in [0.15, 0.2) is 5.69 Å². The molecule has 2 heterocycles. The van der Waals surface area contributed by atoms with Crippen molar-refractivity contribution in [3.8, 4) is 22.5 Å². The van der Waals surface area contributed by atoms with E-state index in [9.17, 15) is 18.0 Å². The van der Waals surface area contributed by atoms with Crippen LogP contribution in [0.25, 0.3) is 22.5 Å². The molecule has 0 saturated carbocycles. The molecular weight excluding hydrogens is 339 g/mol. The number of halogens is 3. The number of amides is 1. The lowest BCUT2D eigenvalue weighted by atomic mass is 9.99. The van der Waals surface area contributed by atoms with E-state index in [1.807, 2.05) is 0 Å². The van der Waals surface area contributed by atoms with Crippen LogP contribution in [0.3, 0.4) is 0 Å². The zero-order chi connectivity index (χ0) is 18.0. The van der Waals surface area contributed by atoms with E-state index in [2.05, 4.69) is 20.4 Å². The fourth-order valence-corrected chi connectivity index (χ4v) is 2.49. The smallest absolute Gasteiger partial charge is 0.289 e. The van der Waals surface area contributed by atoms with Gasteiger partial charge in [0, 0.05) is 11.8 Å². The van der Waals surface area contributed by atoms with Crippen LogP contribution in [0.15, 0.2) is 36.5 Å². The molecule has 2 aromatic heterocycles. The molecule has 4 N–H and O–H groups in total. The predicted octanol–water partition coefficient (Wildman–Crippen LogP) is 2.53. The summed E-state index contributed by atoms with van der Waals surface area (Å²) in [5.41, 5.74) is 1.22. The number of nitrogens with zero attached hydrogens (tertiary/aromatic N) is 2. The van der Waals surface area contributed by atoms with Gasteiger partial charge in [0.1, 0.15) is 5.69 Å². The van der Waals surface area contributed by atoms with Crippen molar-refractivity contribution in [1.82, 2.24) is 25.9 Å². The fraction of sp³-hybridized carbons (Fsp3) is 0.133. The Bertz CT molecular complexity index is 886. The van der Waals surface area contributed by atoms with Gasteiger partial charge < -0.3 is 0 Å². The number of H-pyrrole nitrogens is 2. The van der Waals surface area contributed by atoms with Gasteiger partial charge in [-0.3, -0.25) is 20.2 Å². The van der Waals surface area contributed by atoms with Crippen molar-refractivity contribution in [2.24, 2.45) is 0 Å². The number of nitrogens with one attached hydrogen (secondary N) is 3. The highest BCUT2D eigenvalue weighted by Gasteiger charge is 2.38. The third-order valence-corrected chi connectivity index (χ3v) is 3.56. The summed E-state index contributed by atoms with van der Waals surface area (Å²) in [5, 5.41) is 20.8. The van der Waals surface area contributed by atoms with Gasteiger partial charge in [0.2, 0.25) is 5.91 Å². The van der Waals surface area contributed by atoms with E-state index < -0.39 is 17.8 Å². The number of aromatic nitrogens is 4. The highest BCUT2D eigenvalue weighted by Crippen LogP contribution is 2.38. The maximum absolute atomic E-state index is 13.1. The summed E-state index contributed by atoms with van der Waals surface area (Å²) < 4.78 is 39.4. The van der Waals surface area contributed by atoms with Crippen molar-refractivity contribution in [2.75, 3.05) is 0 Å². The Morgan fingerprint density at radius 2 is 1.92 bits per heavy atom. The van der Waals surface area contributed by atoms with Crippen molar-refractivity contribution in [3.05, 3.63) is 47.8 Å². The van der Waals surface area contributed by atoms with Crippen molar-refractivity contribution < 1.29 is 23.2 Å². The molecule has 25 heavy (non-hydrogen) atoms. The fourth-order valence-electron chi connectivity index (χ4n) is 2.49. The van der Waals surface area contributed by atoms with Crippen LogP contribution in [0.4, 0.5) is 13.2 Å². The molecule has 130 valence electrons. The van der Waals surface area contributed by atoms with Gasteiger partial charge in [-0.1, -0.05) is 30.3 Å². The van der Waals surface area contributed by atoms with E-state index in [4.69, 9.17) is 5.21 Å². The predicted molar refractivity (Wildman–Crippen MR) is 80.2 cm³/mol. The molecule has 0 aliphatic carbocycles. The summed E-state index contributed by atoms with van der Waals surface area (Å²) in [7, 11) is 0. The number of hydrogen-bond donors (Lipinski definition) is 4. The lowest BCUT2D eigenvalue weighted by Crippen LogP contribution is -2.21. The van der Waals surface area contributed by atoms with Gasteiger partial charge in [0.25, 0.3) is 0 Å². The molecule has 0 aliphatic rings. The summed E-state index contributed by atoms with van der Waals surface area (Å²) in [4.78, 5) is 11.6. The molecule has 0 unspecified atom stereocenters. The largest absolute Gasteiger partial charge is 0.435 e. The average molecular weight is 351 g/mol. The molecule has 3 rings (SSSR count). The highest BCUT2D eigenvalue weighted by atomic mass is 19.4. The number of hydrogen-bond acceptors (Lipinski definition) is 4. The van der Waals surface area contributed by atoms with E-state index in [0.717, 1.165) is 6.20 Å². The van der Waals surface area contributed by atoms with Crippen LogP contribution in [0, 0.1) is 0 Å². The minimum atomic E-state index is -4.68. The number of alkyl halides is 3. The standard InChI is InChI=1S/C15H12F3N5O2/c16-15(17,18)14-10(7-19-22-14)13-9(6-11(24)23-25)12(20-21-13)8-4-2-1-3-5-8/h1-5,7,25H,6H2,(H,19,22)(H,20,21)(H,23,24). The van der Waals surface area contributed by atoms with Gasteiger partial charge >= 0.3 is 6.18 Å². The molecule has 0 radical (unpaired) electrons. The third kappa shape index (κ3) is 3.24. The minimum Gasteiger partial charge on any atom is -0.289 e. The normalized spacial score (nSPS) is 11.5. The first-order valence-electron chi connectivity index (χ1n) is 7.08. The van der Waals surface area contributed by atoms with Gasteiger partial charge in [-0.2, -0.15) is 23.4 Å². The number of hydroxylamine groups is 1. The topological polar surface area (TPSA) is 107 Å². The second kappa shape index (κ2) is 6.40. The zero-order valence-corrected chi connectivity index (χ0v) is 12.6. The molecule has 1 aromatic carbocycles. The van der Waals surface area contributed by atoms with Gasteiger partial charge in [-0.25, -0.2) is 5.48 Å². The van der Waals surface area contributed by atoms with Crippen LogP contribution < -0.4 is 5.48 Å². The molecule has 0 spiro atoms. The zero-order valence-electron chi connectivity index (χ0n) is 12.6. The van der Waals surface area contributed by atoms with Crippen LogP contribution >= 0.6 is 0 Å². The monoisotopic (exact) mass is 351 g/mol. The van der Waals surface area contributed by atoms with Crippen LogP contribution in [-0.2, 0) is 17.4 Å². The first-order chi connectivity index (χ1) is 11.9. The average Bonchev–Trinajstić information content (AvgIpc) is 3.21. The maximum atomic E-state index is 13.1. The Morgan fingerprint density at radius 1 is 1.20 bits per heavy atom. The Balaban J connectivity index is 2.17. The van der Waals surface area contributed by atoms with E-state index in [-0.39, 0.29) is 23.2 Å². The second-order valence-corrected chi connectivity index (χ2v) is 5.15. The van der Waals surface area contributed by atoms with Crippen molar-refractivity contribution >= 4 is 5.91 Å². The Morgan fingerprint density at radius 3 is 2.56 bits per heavy atom. The van der Waals surface area contributed by atoms with Crippen molar-refractivity contribution in [2.45, 2.75) is 12.6 Å². The quantitative estimate of drug-likeness (QED) is 0.428. The van der Waals surface area contributed by atoms with E-state index in [1.54, 1.807) is 30.3 Å². The molecular formula is C15H12F3N5O2.